The van der Waals surface area contributed by atoms with E-state index in [1.165, 1.54) is 12.1 Å². The standard InChI is InChI=1S/C25H26FN7O/c1-31(19-12-15-33(16-13-19)25(34)28-18-9-7-17(26)8-10-18)24-21-6-4-3-5-20(21)23(29-30-24)22-11-14-27-32(22)2/h3-11,14,19H,12-13,15-16H2,1-2H3,(H,28,34). The highest BCUT2D eigenvalue weighted by Crippen LogP contribution is 2.32. The number of urea groups is 1. The summed E-state index contributed by atoms with van der Waals surface area (Å²) in [5.74, 6) is 0.501. The highest BCUT2D eigenvalue weighted by molar-refractivity contribution is 5.99. The van der Waals surface area contributed by atoms with Crippen LogP contribution in [-0.2, 0) is 7.05 Å². The minimum atomic E-state index is -0.328. The number of halogens is 1. The number of benzene rings is 2. The maximum Gasteiger partial charge on any atom is 0.321 e. The highest BCUT2D eigenvalue weighted by atomic mass is 19.1. The van der Waals surface area contributed by atoms with Crippen LogP contribution in [0.1, 0.15) is 12.8 Å². The number of nitrogens with zero attached hydrogens (tertiary/aromatic N) is 6. The number of rotatable bonds is 4. The lowest BCUT2D eigenvalue weighted by molar-refractivity contribution is 0.194. The maximum absolute atomic E-state index is 13.1. The van der Waals surface area contributed by atoms with Gasteiger partial charge in [0.05, 0.1) is 5.69 Å². The van der Waals surface area contributed by atoms with E-state index in [0.29, 0.717) is 18.8 Å². The van der Waals surface area contributed by atoms with Crippen LogP contribution in [0.3, 0.4) is 0 Å². The summed E-state index contributed by atoms with van der Waals surface area (Å²) in [7, 11) is 3.94. The molecule has 0 radical (unpaired) electrons. The van der Waals surface area contributed by atoms with E-state index in [1.807, 2.05) is 32.3 Å². The number of aromatic nitrogens is 4. The van der Waals surface area contributed by atoms with Crippen LogP contribution < -0.4 is 10.2 Å². The number of hydrogen-bond acceptors (Lipinski definition) is 5. The highest BCUT2D eigenvalue weighted by Gasteiger charge is 2.27. The van der Waals surface area contributed by atoms with Crippen LogP contribution in [0.15, 0.2) is 60.8 Å². The van der Waals surface area contributed by atoms with Crippen molar-refractivity contribution in [1.29, 1.82) is 0 Å². The molecule has 3 heterocycles. The van der Waals surface area contributed by atoms with Gasteiger partial charge in [0.15, 0.2) is 5.82 Å². The van der Waals surface area contributed by atoms with Gasteiger partial charge >= 0.3 is 6.03 Å². The van der Waals surface area contributed by atoms with Crippen molar-refractivity contribution in [3.8, 4) is 11.4 Å². The van der Waals surface area contributed by atoms with Gasteiger partial charge in [-0.25, -0.2) is 9.18 Å². The molecule has 9 heteroatoms. The van der Waals surface area contributed by atoms with Crippen LogP contribution in [0, 0.1) is 5.82 Å². The summed E-state index contributed by atoms with van der Waals surface area (Å²) in [4.78, 5) is 16.6. The molecule has 2 aromatic heterocycles. The van der Waals surface area contributed by atoms with E-state index < -0.39 is 0 Å². The summed E-state index contributed by atoms with van der Waals surface area (Å²) in [6.45, 7) is 1.25. The fraction of sp³-hybridized carbons (Fsp3) is 0.280. The van der Waals surface area contributed by atoms with Crippen molar-refractivity contribution in [3.63, 3.8) is 0 Å². The molecule has 2 amide bonds. The molecule has 0 spiro atoms. The molecule has 0 saturated carbocycles. The van der Waals surface area contributed by atoms with E-state index in [9.17, 15) is 9.18 Å². The van der Waals surface area contributed by atoms with Gasteiger partial charge in [-0.3, -0.25) is 4.68 Å². The fourth-order valence-electron chi connectivity index (χ4n) is 4.51. The number of hydrogen-bond donors (Lipinski definition) is 1. The molecule has 1 aliphatic heterocycles. The molecule has 1 aliphatic rings. The molecule has 2 aromatic carbocycles. The third kappa shape index (κ3) is 4.16. The van der Waals surface area contributed by atoms with Crippen molar-refractivity contribution in [1.82, 2.24) is 24.9 Å². The zero-order valence-electron chi connectivity index (χ0n) is 19.1. The molecule has 4 aromatic rings. The number of amides is 2. The van der Waals surface area contributed by atoms with E-state index in [2.05, 4.69) is 37.6 Å². The summed E-state index contributed by atoms with van der Waals surface area (Å²) in [6.07, 6.45) is 3.38. The number of fused-ring (bicyclic) bond motifs is 1. The molecule has 0 bridgehead atoms. The Morgan fingerprint density at radius 1 is 1.03 bits per heavy atom. The van der Waals surface area contributed by atoms with Crippen LogP contribution in [0.5, 0.6) is 0 Å². The lowest BCUT2D eigenvalue weighted by Gasteiger charge is -2.37. The summed E-state index contributed by atoms with van der Waals surface area (Å²) < 4.78 is 14.9. The zero-order chi connectivity index (χ0) is 23.7. The first-order valence-corrected chi connectivity index (χ1v) is 11.3. The molecule has 8 nitrogen and oxygen atoms in total. The van der Waals surface area contributed by atoms with E-state index in [4.69, 9.17) is 0 Å². The summed E-state index contributed by atoms with van der Waals surface area (Å²) in [5.41, 5.74) is 2.30. The third-order valence-corrected chi connectivity index (χ3v) is 6.46. The minimum absolute atomic E-state index is 0.168. The fourth-order valence-corrected chi connectivity index (χ4v) is 4.51. The average molecular weight is 460 g/mol. The van der Waals surface area contributed by atoms with Crippen molar-refractivity contribution in [2.24, 2.45) is 7.05 Å². The Balaban J connectivity index is 1.31. The van der Waals surface area contributed by atoms with Gasteiger partial charge in [0, 0.05) is 55.9 Å². The van der Waals surface area contributed by atoms with Crippen molar-refractivity contribution in [3.05, 3.63) is 66.6 Å². The monoisotopic (exact) mass is 459 g/mol. The van der Waals surface area contributed by atoms with Gasteiger partial charge in [-0.05, 0) is 43.2 Å². The summed E-state index contributed by atoms with van der Waals surface area (Å²) >= 11 is 0. The van der Waals surface area contributed by atoms with Crippen LogP contribution in [-0.4, -0.2) is 57.1 Å². The van der Waals surface area contributed by atoms with Crippen LogP contribution in [0.2, 0.25) is 0 Å². The first-order chi connectivity index (χ1) is 16.5. The average Bonchev–Trinajstić information content (AvgIpc) is 3.30. The molecule has 0 unspecified atom stereocenters. The second-order valence-electron chi connectivity index (χ2n) is 8.52. The molecule has 5 rings (SSSR count). The molecule has 0 aliphatic carbocycles. The van der Waals surface area contributed by atoms with Crippen molar-refractivity contribution in [2.75, 3.05) is 30.4 Å². The van der Waals surface area contributed by atoms with E-state index in [-0.39, 0.29) is 17.9 Å². The topological polar surface area (TPSA) is 79.2 Å². The second kappa shape index (κ2) is 9.09. The molecule has 1 saturated heterocycles. The molecule has 1 fully saturated rings. The Kier molecular flexibility index (Phi) is 5.83. The number of aryl methyl sites for hydroxylation is 1. The Bertz CT molecular complexity index is 1310. The van der Waals surface area contributed by atoms with Gasteiger partial charge in [-0.15, -0.1) is 10.2 Å². The van der Waals surface area contributed by atoms with Crippen LogP contribution >= 0.6 is 0 Å². The Morgan fingerprint density at radius 2 is 1.74 bits per heavy atom. The molecule has 34 heavy (non-hydrogen) atoms. The Morgan fingerprint density at radius 3 is 2.41 bits per heavy atom. The molecule has 174 valence electrons. The van der Waals surface area contributed by atoms with Gasteiger partial charge in [0.2, 0.25) is 0 Å². The molecule has 1 N–H and O–H groups in total. The largest absolute Gasteiger partial charge is 0.355 e. The predicted octanol–water partition coefficient (Wildman–Crippen LogP) is 4.30. The van der Waals surface area contributed by atoms with E-state index in [0.717, 1.165) is 40.8 Å². The SMILES string of the molecule is CN(c1nnc(-c2ccnn2C)c2ccccc12)C1CCN(C(=O)Nc2ccc(F)cc2)CC1. The van der Waals surface area contributed by atoms with Gasteiger partial charge in [-0.2, -0.15) is 5.10 Å². The van der Waals surface area contributed by atoms with E-state index in [1.54, 1.807) is 27.9 Å². The predicted molar refractivity (Wildman–Crippen MR) is 130 cm³/mol. The third-order valence-electron chi connectivity index (χ3n) is 6.46. The smallest absolute Gasteiger partial charge is 0.321 e. The lowest BCUT2D eigenvalue weighted by Crippen LogP contribution is -2.47. The molecular formula is C25H26FN7O. The lowest BCUT2D eigenvalue weighted by atomic mass is 10.0. The van der Waals surface area contributed by atoms with Crippen molar-refractivity contribution in [2.45, 2.75) is 18.9 Å². The second-order valence-corrected chi connectivity index (χ2v) is 8.52. The summed E-state index contributed by atoms with van der Waals surface area (Å²) in [6, 6.07) is 15.9. The molecular weight excluding hydrogens is 433 g/mol. The van der Waals surface area contributed by atoms with Gasteiger partial charge in [0.1, 0.15) is 11.5 Å². The Labute approximate surface area is 197 Å². The minimum Gasteiger partial charge on any atom is -0.355 e. The number of nitrogens with one attached hydrogen (secondary N) is 1. The van der Waals surface area contributed by atoms with Gasteiger partial charge in [-0.1, -0.05) is 24.3 Å². The van der Waals surface area contributed by atoms with Crippen molar-refractivity contribution < 1.29 is 9.18 Å². The summed E-state index contributed by atoms with van der Waals surface area (Å²) in [5, 5.41) is 18.3. The Hall–Kier alpha value is -4.01. The van der Waals surface area contributed by atoms with Crippen LogP contribution in [0.25, 0.3) is 22.2 Å². The quantitative estimate of drug-likeness (QED) is 0.492. The maximum atomic E-state index is 13.1. The number of likely N-dealkylation sites (tertiary alicyclic amines) is 1. The molecule has 0 atom stereocenters. The van der Waals surface area contributed by atoms with Crippen LogP contribution in [0.4, 0.5) is 20.7 Å². The van der Waals surface area contributed by atoms with Gasteiger partial charge < -0.3 is 15.1 Å². The first kappa shape index (κ1) is 21.8. The number of anilines is 2. The number of carbonyl (C=O) groups is 1. The normalized spacial score (nSPS) is 14.4. The first-order valence-electron chi connectivity index (χ1n) is 11.3. The van der Waals surface area contributed by atoms with Crippen molar-refractivity contribution >= 4 is 28.3 Å². The van der Waals surface area contributed by atoms with E-state index >= 15 is 0 Å². The van der Waals surface area contributed by atoms with Gasteiger partial charge in [0.25, 0.3) is 0 Å². The number of carbonyl (C=O) groups excluding carboxylic acids is 1. The number of piperidine rings is 1. The zero-order valence-corrected chi connectivity index (χ0v) is 19.1.